The maximum absolute atomic E-state index is 10.6. The fraction of sp³-hybridized carbons (Fsp3) is 0.750. The van der Waals surface area contributed by atoms with Crippen molar-refractivity contribution >= 4 is 5.91 Å². The third kappa shape index (κ3) is 1.70. The lowest BCUT2D eigenvalue weighted by Crippen LogP contribution is -2.18. The maximum Gasteiger partial charge on any atom is 0.217 e. The fourth-order valence-electron chi connectivity index (χ4n) is 3.16. The molecular formula is C12H19NO. The van der Waals surface area contributed by atoms with Crippen LogP contribution in [0.2, 0.25) is 0 Å². The molecule has 2 aliphatic rings. The minimum absolute atomic E-state index is 0.156. The number of nitrogens with two attached hydrogens (primary N) is 1. The van der Waals surface area contributed by atoms with E-state index in [0.717, 1.165) is 30.1 Å². The van der Waals surface area contributed by atoms with Crippen LogP contribution >= 0.6 is 0 Å². The second kappa shape index (κ2) is 3.76. The van der Waals surface area contributed by atoms with Gasteiger partial charge in [0.15, 0.2) is 0 Å². The van der Waals surface area contributed by atoms with Gasteiger partial charge in [-0.3, -0.25) is 4.79 Å². The lowest BCUT2D eigenvalue weighted by Gasteiger charge is -2.24. The summed E-state index contributed by atoms with van der Waals surface area (Å²) >= 11 is 0. The molecule has 4 unspecified atom stereocenters. The molecule has 0 spiro atoms. The quantitative estimate of drug-likeness (QED) is 0.683. The van der Waals surface area contributed by atoms with E-state index in [-0.39, 0.29) is 5.91 Å². The van der Waals surface area contributed by atoms with Crippen molar-refractivity contribution < 1.29 is 4.79 Å². The van der Waals surface area contributed by atoms with Gasteiger partial charge in [0, 0.05) is 6.42 Å². The smallest absolute Gasteiger partial charge is 0.217 e. The first-order valence-corrected chi connectivity index (χ1v) is 5.65. The third-order valence-electron chi connectivity index (χ3n) is 4.01. The lowest BCUT2D eigenvalue weighted by atomic mass is 9.81. The van der Waals surface area contributed by atoms with Gasteiger partial charge in [-0.25, -0.2) is 0 Å². The predicted octanol–water partition coefficient (Wildman–Crippen LogP) is 2.10. The van der Waals surface area contributed by atoms with E-state index in [0.29, 0.717) is 6.42 Å². The Morgan fingerprint density at radius 2 is 2.14 bits per heavy atom. The first kappa shape index (κ1) is 9.75. The molecule has 1 amide bonds. The molecule has 2 rings (SSSR count). The number of primary amides is 1. The number of fused-ring (bicyclic) bond motifs is 2. The molecule has 0 heterocycles. The van der Waals surface area contributed by atoms with Gasteiger partial charge in [0.1, 0.15) is 0 Å². The van der Waals surface area contributed by atoms with Gasteiger partial charge in [-0.1, -0.05) is 19.1 Å². The Morgan fingerprint density at radius 1 is 1.43 bits per heavy atom. The van der Waals surface area contributed by atoms with E-state index in [1.807, 2.05) is 0 Å². The highest BCUT2D eigenvalue weighted by Gasteiger charge is 2.40. The first-order chi connectivity index (χ1) is 6.68. The summed E-state index contributed by atoms with van der Waals surface area (Å²) in [5.41, 5.74) is 5.13. The molecule has 0 radical (unpaired) electrons. The lowest BCUT2D eigenvalue weighted by molar-refractivity contribution is -0.118. The zero-order chi connectivity index (χ0) is 10.1. The van der Waals surface area contributed by atoms with Gasteiger partial charge in [0.25, 0.3) is 0 Å². The standard InChI is InChI=1S/C12H19NO/c1-8-9-5-6-10(7-9)11(8)3-2-4-12(13)14/h5-6,8-11H,2-4,7H2,1H3,(H2,13,14). The molecule has 14 heavy (non-hydrogen) atoms. The maximum atomic E-state index is 10.6. The summed E-state index contributed by atoms with van der Waals surface area (Å²) in [4.78, 5) is 10.6. The highest BCUT2D eigenvalue weighted by molar-refractivity contribution is 5.73. The van der Waals surface area contributed by atoms with Crippen LogP contribution < -0.4 is 5.73 Å². The van der Waals surface area contributed by atoms with E-state index in [4.69, 9.17) is 5.73 Å². The zero-order valence-corrected chi connectivity index (χ0v) is 8.78. The molecule has 4 atom stereocenters. The molecule has 2 bridgehead atoms. The summed E-state index contributed by atoms with van der Waals surface area (Å²) in [6, 6.07) is 0. The number of carbonyl (C=O) groups is 1. The largest absolute Gasteiger partial charge is 0.370 e. The van der Waals surface area contributed by atoms with Crippen LogP contribution in [-0.4, -0.2) is 5.91 Å². The molecule has 2 heteroatoms. The minimum Gasteiger partial charge on any atom is -0.370 e. The number of hydrogen-bond donors (Lipinski definition) is 1. The molecule has 78 valence electrons. The average Bonchev–Trinajstić information content (AvgIpc) is 2.68. The van der Waals surface area contributed by atoms with E-state index in [9.17, 15) is 4.79 Å². The van der Waals surface area contributed by atoms with Gasteiger partial charge in [-0.15, -0.1) is 0 Å². The van der Waals surface area contributed by atoms with Crippen LogP contribution in [0.25, 0.3) is 0 Å². The molecule has 1 saturated carbocycles. The van der Waals surface area contributed by atoms with Gasteiger partial charge in [0.05, 0.1) is 0 Å². The molecule has 0 aliphatic heterocycles. The predicted molar refractivity (Wildman–Crippen MR) is 56.4 cm³/mol. The molecule has 1 fully saturated rings. The summed E-state index contributed by atoms with van der Waals surface area (Å²) < 4.78 is 0. The van der Waals surface area contributed by atoms with Crippen molar-refractivity contribution in [3.63, 3.8) is 0 Å². The highest BCUT2D eigenvalue weighted by Crippen LogP contribution is 2.49. The van der Waals surface area contributed by atoms with Crippen LogP contribution in [-0.2, 0) is 4.79 Å². The Balaban J connectivity index is 1.81. The second-order valence-electron chi connectivity index (χ2n) is 4.83. The second-order valence-corrected chi connectivity index (χ2v) is 4.83. The van der Waals surface area contributed by atoms with Crippen molar-refractivity contribution in [1.29, 1.82) is 0 Å². The van der Waals surface area contributed by atoms with Crippen molar-refractivity contribution in [2.75, 3.05) is 0 Å². The Bertz CT molecular complexity index is 259. The van der Waals surface area contributed by atoms with E-state index in [1.165, 1.54) is 12.8 Å². The summed E-state index contributed by atoms with van der Waals surface area (Å²) in [6.45, 7) is 2.35. The molecule has 2 aliphatic carbocycles. The number of allylic oxidation sites excluding steroid dienone is 2. The van der Waals surface area contributed by atoms with Crippen LogP contribution in [0.15, 0.2) is 12.2 Å². The number of hydrogen-bond acceptors (Lipinski definition) is 1. The van der Waals surface area contributed by atoms with Crippen molar-refractivity contribution in [3.05, 3.63) is 12.2 Å². The van der Waals surface area contributed by atoms with Gasteiger partial charge in [0.2, 0.25) is 5.91 Å². The number of carbonyl (C=O) groups excluding carboxylic acids is 1. The van der Waals surface area contributed by atoms with Gasteiger partial charge in [-0.05, 0) is 42.9 Å². The molecule has 2 nitrogen and oxygen atoms in total. The topological polar surface area (TPSA) is 43.1 Å². The Hall–Kier alpha value is -0.790. The zero-order valence-electron chi connectivity index (χ0n) is 8.78. The van der Waals surface area contributed by atoms with Crippen molar-refractivity contribution in [1.82, 2.24) is 0 Å². The third-order valence-corrected chi connectivity index (χ3v) is 4.01. The Morgan fingerprint density at radius 3 is 2.71 bits per heavy atom. The van der Waals surface area contributed by atoms with E-state index >= 15 is 0 Å². The number of amides is 1. The van der Waals surface area contributed by atoms with Crippen LogP contribution in [0, 0.1) is 23.7 Å². The highest BCUT2D eigenvalue weighted by atomic mass is 16.1. The van der Waals surface area contributed by atoms with Crippen molar-refractivity contribution in [2.24, 2.45) is 29.4 Å². The monoisotopic (exact) mass is 193 g/mol. The summed E-state index contributed by atoms with van der Waals surface area (Å²) in [5, 5.41) is 0. The molecule has 0 aromatic rings. The fourth-order valence-corrected chi connectivity index (χ4v) is 3.16. The molecule has 0 saturated heterocycles. The minimum atomic E-state index is -0.156. The van der Waals surface area contributed by atoms with E-state index < -0.39 is 0 Å². The summed E-state index contributed by atoms with van der Waals surface area (Å²) in [5.74, 6) is 3.08. The molecule has 0 aromatic carbocycles. The van der Waals surface area contributed by atoms with E-state index in [2.05, 4.69) is 19.1 Å². The average molecular weight is 193 g/mol. The first-order valence-electron chi connectivity index (χ1n) is 5.65. The Labute approximate surface area is 85.6 Å². The molecule has 2 N–H and O–H groups in total. The van der Waals surface area contributed by atoms with Crippen molar-refractivity contribution in [3.8, 4) is 0 Å². The molecule has 0 aromatic heterocycles. The molecular weight excluding hydrogens is 174 g/mol. The van der Waals surface area contributed by atoms with Gasteiger partial charge < -0.3 is 5.73 Å². The van der Waals surface area contributed by atoms with E-state index in [1.54, 1.807) is 0 Å². The van der Waals surface area contributed by atoms with Crippen LogP contribution in [0.4, 0.5) is 0 Å². The van der Waals surface area contributed by atoms with Crippen LogP contribution in [0.5, 0.6) is 0 Å². The van der Waals surface area contributed by atoms with Crippen LogP contribution in [0.3, 0.4) is 0 Å². The summed E-state index contributed by atoms with van der Waals surface area (Å²) in [6.07, 6.45) is 8.81. The SMILES string of the molecule is CC1C2C=CC(C2)C1CCCC(N)=O. The number of rotatable bonds is 4. The van der Waals surface area contributed by atoms with Crippen LogP contribution in [0.1, 0.15) is 32.6 Å². The summed E-state index contributed by atoms with van der Waals surface area (Å²) in [7, 11) is 0. The van der Waals surface area contributed by atoms with Crippen molar-refractivity contribution in [2.45, 2.75) is 32.6 Å². The van der Waals surface area contributed by atoms with Gasteiger partial charge >= 0.3 is 0 Å². The normalized spacial score (nSPS) is 39.2. The Kier molecular flexibility index (Phi) is 2.62. The van der Waals surface area contributed by atoms with Gasteiger partial charge in [-0.2, -0.15) is 0 Å².